The Kier molecular flexibility index (Phi) is 3.14. The van der Waals surface area contributed by atoms with Gasteiger partial charge in [0, 0.05) is 15.5 Å². The fourth-order valence-corrected chi connectivity index (χ4v) is 0.903. The van der Waals surface area contributed by atoms with E-state index < -0.39 is 0 Å². The molecular weight excluding hydrogens is 192 g/mol. The van der Waals surface area contributed by atoms with Gasteiger partial charge in [-0.2, -0.15) is 0 Å². The Hall–Kier alpha value is -1.71. The minimum atomic E-state index is -0.0841. The Balaban J connectivity index is 3.07. The Bertz CT molecular complexity index is 367. The van der Waals surface area contributed by atoms with Crippen LogP contribution in [0.1, 0.15) is 5.56 Å². The summed E-state index contributed by atoms with van der Waals surface area (Å²) in [4.78, 5) is 2.51. The lowest BCUT2D eigenvalue weighted by Gasteiger charge is -1.96. The van der Waals surface area contributed by atoms with Gasteiger partial charge in [-0.05, 0) is 22.8 Å². The average molecular weight is 197 g/mol. The van der Waals surface area contributed by atoms with Crippen LogP contribution in [0.15, 0.2) is 34.5 Å². The van der Waals surface area contributed by atoms with Crippen LogP contribution in [-0.2, 0) is 0 Å². The summed E-state index contributed by atoms with van der Waals surface area (Å²) in [5, 5.41) is 15.0. The number of azide groups is 1. The summed E-state index contributed by atoms with van der Waals surface area (Å²) in [7, 11) is 0. The van der Waals surface area contributed by atoms with E-state index in [2.05, 4.69) is 15.2 Å². The highest BCUT2D eigenvalue weighted by atomic mass is 35.5. The van der Waals surface area contributed by atoms with Crippen LogP contribution in [0, 0.1) is 0 Å². The molecule has 1 aromatic carbocycles. The molecule has 0 unspecified atom stereocenters. The van der Waals surface area contributed by atoms with Crippen molar-refractivity contribution in [3.8, 4) is 0 Å². The minimum Gasteiger partial charge on any atom is -0.410 e. The SMILES string of the molecule is [N-]=[N+]=N/C(=N\O)c1ccc(Cl)cc1. The van der Waals surface area contributed by atoms with Crippen molar-refractivity contribution in [2.45, 2.75) is 0 Å². The zero-order valence-corrected chi connectivity index (χ0v) is 7.18. The van der Waals surface area contributed by atoms with Gasteiger partial charge < -0.3 is 5.21 Å². The fourth-order valence-electron chi connectivity index (χ4n) is 0.777. The Morgan fingerprint density at radius 3 is 2.46 bits per heavy atom. The lowest BCUT2D eigenvalue weighted by molar-refractivity contribution is 0.318. The lowest BCUT2D eigenvalue weighted by atomic mass is 10.2. The molecule has 13 heavy (non-hydrogen) atoms. The van der Waals surface area contributed by atoms with E-state index >= 15 is 0 Å². The van der Waals surface area contributed by atoms with Gasteiger partial charge in [-0.1, -0.05) is 28.9 Å². The molecule has 5 nitrogen and oxygen atoms in total. The molecule has 0 spiro atoms. The van der Waals surface area contributed by atoms with Gasteiger partial charge in [-0.25, -0.2) is 0 Å². The summed E-state index contributed by atoms with van der Waals surface area (Å²) in [5.41, 5.74) is 8.63. The van der Waals surface area contributed by atoms with Crippen molar-refractivity contribution < 1.29 is 5.21 Å². The monoisotopic (exact) mass is 196 g/mol. The van der Waals surface area contributed by atoms with Crippen molar-refractivity contribution in [2.75, 3.05) is 0 Å². The maximum atomic E-state index is 8.47. The second kappa shape index (κ2) is 4.35. The number of benzene rings is 1. The highest BCUT2D eigenvalue weighted by Gasteiger charge is 2.00. The molecule has 0 aliphatic carbocycles. The number of rotatable bonds is 1. The van der Waals surface area contributed by atoms with Crippen LogP contribution in [0.3, 0.4) is 0 Å². The maximum absolute atomic E-state index is 8.47. The van der Waals surface area contributed by atoms with Gasteiger partial charge in [0.15, 0.2) is 5.84 Å². The van der Waals surface area contributed by atoms with E-state index in [4.69, 9.17) is 22.3 Å². The number of hydrogen-bond acceptors (Lipinski definition) is 2. The van der Waals surface area contributed by atoms with Gasteiger partial charge in [0.2, 0.25) is 0 Å². The molecule has 66 valence electrons. The van der Waals surface area contributed by atoms with Gasteiger partial charge in [-0.3, -0.25) is 0 Å². The lowest BCUT2D eigenvalue weighted by Crippen LogP contribution is -1.94. The van der Waals surface area contributed by atoms with E-state index in [-0.39, 0.29) is 5.84 Å². The second-order valence-electron chi connectivity index (χ2n) is 2.12. The molecule has 0 atom stereocenters. The van der Waals surface area contributed by atoms with Gasteiger partial charge in [0.1, 0.15) is 0 Å². The van der Waals surface area contributed by atoms with E-state index in [1.54, 1.807) is 24.3 Å². The minimum absolute atomic E-state index is 0.0841. The number of hydrogen-bond donors (Lipinski definition) is 1. The molecule has 6 heteroatoms. The first kappa shape index (κ1) is 9.38. The summed E-state index contributed by atoms with van der Waals surface area (Å²) in [5.74, 6) is -0.0841. The van der Waals surface area contributed by atoms with E-state index in [0.29, 0.717) is 10.6 Å². The molecule has 0 amide bonds. The smallest absolute Gasteiger partial charge is 0.173 e. The van der Waals surface area contributed by atoms with Gasteiger partial charge in [0.25, 0.3) is 0 Å². The Labute approximate surface area is 78.9 Å². The summed E-state index contributed by atoms with van der Waals surface area (Å²) in [6.45, 7) is 0. The molecule has 0 radical (unpaired) electrons. The molecule has 0 aromatic heterocycles. The van der Waals surface area contributed by atoms with Crippen molar-refractivity contribution >= 4 is 17.4 Å². The van der Waals surface area contributed by atoms with Gasteiger partial charge in [-0.15, -0.1) is 0 Å². The number of nitrogens with zero attached hydrogens (tertiary/aromatic N) is 4. The highest BCUT2D eigenvalue weighted by Crippen LogP contribution is 2.10. The first-order valence-corrected chi connectivity index (χ1v) is 3.69. The molecule has 0 aliphatic heterocycles. The number of amidine groups is 1. The van der Waals surface area contributed by atoms with Gasteiger partial charge in [0.05, 0.1) is 0 Å². The number of oxime groups is 1. The van der Waals surface area contributed by atoms with Crippen molar-refractivity contribution in [3.63, 3.8) is 0 Å². The average Bonchev–Trinajstić information content (AvgIpc) is 2.16. The third-order valence-corrected chi connectivity index (χ3v) is 1.59. The summed E-state index contributed by atoms with van der Waals surface area (Å²) in [6, 6.07) is 6.39. The molecule has 0 saturated heterocycles. The Morgan fingerprint density at radius 1 is 1.38 bits per heavy atom. The third kappa shape index (κ3) is 2.37. The molecule has 1 N–H and O–H groups in total. The largest absolute Gasteiger partial charge is 0.410 e. The van der Waals surface area contributed by atoms with Crippen LogP contribution in [0.5, 0.6) is 0 Å². The maximum Gasteiger partial charge on any atom is 0.173 e. The number of halogens is 1. The topological polar surface area (TPSA) is 81.4 Å². The molecule has 0 heterocycles. The zero-order chi connectivity index (χ0) is 9.68. The van der Waals surface area contributed by atoms with Gasteiger partial charge >= 0.3 is 0 Å². The fraction of sp³-hybridized carbons (Fsp3) is 0. The normalized spacial score (nSPS) is 10.7. The van der Waals surface area contributed by atoms with Crippen LogP contribution >= 0.6 is 11.6 Å². The molecule has 0 aliphatic rings. The van der Waals surface area contributed by atoms with Crippen molar-refractivity contribution in [3.05, 3.63) is 45.3 Å². The molecule has 0 saturated carbocycles. The quantitative estimate of drug-likeness (QED) is 0.140. The predicted molar refractivity (Wildman–Crippen MR) is 48.9 cm³/mol. The van der Waals surface area contributed by atoms with E-state index in [9.17, 15) is 0 Å². The summed E-state index contributed by atoms with van der Waals surface area (Å²) >= 11 is 5.63. The standard InChI is InChI=1S/C7H5ClN4O/c8-6-3-1-5(2-4-6)7(11-13)10-12-9/h1-4,13H/b11-7-. The second-order valence-corrected chi connectivity index (χ2v) is 2.56. The van der Waals surface area contributed by atoms with Crippen LogP contribution in [-0.4, -0.2) is 11.0 Å². The molecule has 1 rings (SSSR count). The van der Waals surface area contributed by atoms with Crippen molar-refractivity contribution in [2.24, 2.45) is 10.3 Å². The first-order chi connectivity index (χ1) is 6.27. The van der Waals surface area contributed by atoms with Crippen LogP contribution in [0.25, 0.3) is 10.4 Å². The van der Waals surface area contributed by atoms with E-state index in [0.717, 1.165) is 0 Å². The molecule has 0 bridgehead atoms. The van der Waals surface area contributed by atoms with Crippen molar-refractivity contribution in [1.82, 2.24) is 0 Å². The zero-order valence-electron chi connectivity index (χ0n) is 6.42. The Morgan fingerprint density at radius 2 is 2.00 bits per heavy atom. The molecule has 1 aromatic rings. The van der Waals surface area contributed by atoms with Crippen LogP contribution in [0.2, 0.25) is 5.02 Å². The highest BCUT2D eigenvalue weighted by molar-refractivity contribution is 6.30. The van der Waals surface area contributed by atoms with E-state index in [1.165, 1.54) is 0 Å². The first-order valence-electron chi connectivity index (χ1n) is 3.31. The summed E-state index contributed by atoms with van der Waals surface area (Å²) in [6.07, 6.45) is 0. The third-order valence-electron chi connectivity index (χ3n) is 1.34. The van der Waals surface area contributed by atoms with E-state index in [1.807, 2.05) is 0 Å². The van der Waals surface area contributed by atoms with Crippen LogP contribution in [0.4, 0.5) is 0 Å². The molecule has 0 fully saturated rings. The predicted octanol–water partition coefficient (Wildman–Crippen LogP) is 2.79. The molecular formula is C7H5ClN4O. The van der Waals surface area contributed by atoms with Crippen LogP contribution < -0.4 is 0 Å². The summed E-state index contributed by atoms with van der Waals surface area (Å²) < 4.78 is 0. The van der Waals surface area contributed by atoms with Crippen molar-refractivity contribution in [1.29, 1.82) is 0 Å².